The first-order chi connectivity index (χ1) is 13.9. The Morgan fingerprint density at radius 1 is 0.828 bits per heavy atom. The van der Waals surface area contributed by atoms with Crippen molar-refractivity contribution in [2.24, 2.45) is 0 Å². The van der Waals surface area contributed by atoms with Gasteiger partial charge in [-0.25, -0.2) is 0 Å². The highest BCUT2D eigenvalue weighted by Gasteiger charge is 2.17. The molecular formula is C21H24N2O6. The van der Waals surface area contributed by atoms with Gasteiger partial charge in [0, 0.05) is 17.2 Å². The average molecular weight is 400 g/mol. The Kier molecular flexibility index (Phi) is 7.47. The van der Waals surface area contributed by atoms with Crippen LogP contribution < -0.4 is 29.8 Å². The van der Waals surface area contributed by atoms with Gasteiger partial charge in [0.1, 0.15) is 5.75 Å². The molecule has 2 amide bonds. The lowest BCUT2D eigenvalue weighted by molar-refractivity contribution is -0.117. The van der Waals surface area contributed by atoms with Gasteiger partial charge in [-0.3, -0.25) is 20.4 Å². The standard InChI is InChI=1S/C21H24N2O6/c1-13-6-8-16(26-2)14(10-13)7-9-19(24)22-23-21(25)15-11-17(27-3)20(29-5)18(12-15)28-4/h6-12H,1-5H3,(H,22,24)(H,23,25)/b9-7+. The van der Waals surface area contributed by atoms with Crippen molar-refractivity contribution in [2.45, 2.75) is 6.92 Å². The molecule has 0 atom stereocenters. The number of hydrogen-bond donors (Lipinski definition) is 2. The largest absolute Gasteiger partial charge is 0.496 e. The maximum atomic E-state index is 12.4. The van der Waals surface area contributed by atoms with Crippen LogP contribution in [-0.4, -0.2) is 40.3 Å². The van der Waals surface area contributed by atoms with Crippen LogP contribution in [0.15, 0.2) is 36.4 Å². The van der Waals surface area contributed by atoms with E-state index in [0.29, 0.717) is 23.0 Å². The number of carbonyl (C=O) groups excluding carboxylic acids is 2. The molecule has 2 aromatic rings. The highest BCUT2D eigenvalue weighted by molar-refractivity contribution is 5.98. The molecule has 2 aromatic carbocycles. The van der Waals surface area contributed by atoms with E-state index >= 15 is 0 Å². The molecule has 0 aliphatic rings. The number of rotatable bonds is 7. The van der Waals surface area contributed by atoms with Gasteiger partial charge in [-0.15, -0.1) is 0 Å². The van der Waals surface area contributed by atoms with E-state index in [9.17, 15) is 9.59 Å². The van der Waals surface area contributed by atoms with Crippen molar-refractivity contribution in [1.82, 2.24) is 10.9 Å². The SMILES string of the molecule is COc1ccc(C)cc1/C=C/C(=O)NNC(=O)c1cc(OC)c(OC)c(OC)c1. The molecule has 0 bridgehead atoms. The van der Waals surface area contributed by atoms with Gasteiger partial charge < -0.3 is 18.9 Å². The van der Waals surface area contributed by atoms with Gasteiger partial charge in [0.15, 0.2) is 11.5 Å². The Labute approximate surface area is 169 Å². The van der Waals surface area contributed by atoms with Crippen molar-refractivity contribution in [3.05, 3.63) is 53.1 Å². The van der Waals surface area contributed by atoms with Crippen molar-refractivity contribution in [1.29, 1.82) is 0 Å². The Bertz CT molecular complexity index is 898. The van der Waals surface area contributed by atoms with Gasteiger partial charge in [0.25, 0.3) is 11.8 Å². The molecular weight excluding hydrogens is 376 g/mol. The van der Waals surface area contributed by atoms with Gasteiger partial charge in [0.2, 0.25) is 5.75 Å². The molecule has 8 nitrogen and oxygen atoms in total. The summed E-state index contributed by atoms with van der Waals surface area (Å²) in [4.78, 5) is 24.4. The van der Waals surface area contributed by atoms with Crippen molar-refractivity contribution in [3.63, 3.8) is 0 Å². The van der Waals surface area contributed by atoms with E-state index in [1.165, 1.54) is 39.5 Å². The molecule has 0 radical (unpaired) electrons. The molecule has 2 N–H and O–H groups in total. The smallest absolute Gasteiger partial charge is 0.269 e. The second-order valence-electron chi connectivity index (χ2n) is 5.94. The second kappa shape index (κ2) is 10.0. The van der Waals surface area contributed by atoms with Crippen molar-refractivity contribution in [2.75, 3.05) is 28.4 Å². The summed E-state index contributed by atoms with van der Waals surface area (Å²) in [6.45, 7) is 1.94. The number of benzene rings is 2. The van der Waals surface area contributed by atoms with Crippen LogP contribution in [0.2, 0.25) is 0 Å². The molecule has 29 heavy (non-hydrogen) atoms. The third-order valence-corrected chi connectivity index (χ3v) is 4.03. The predicted molar refractivity (Wildman–Crippen MR) is 108 cm³/mol. The summed E-state index contributed by atoms with van der Waals surface area (Å²) in [6, 6.07) is 8.58. The van der Waals surface area contributed by atoms with Crippen LogP contribution in [0.1, 0.15) is 21.5 Å². The first kappa shape index (κ1) is 21.6. The molecule has 0 fully saturated rings. The lowest BCUT2D eigenvalue weighted by Crippen LogP contribution is -2.40. The molecule has 154 valence electrons. The van der Waals surface area contributed by atoms with Crippen LogP contribution in [0, 0.1) is 6.92 Å². The summed E-state index contributed by atoms with van der Waals surface area (Å²) in [5.41, 5.74) is 6.67. The number of ether oxygens (including phenoxy) is 4. The zero-order valence-electron chi connectivity index (χ0n) is 17.0. The Balaban J connectivity index is 2.07. The Morgan fingerprint density at radius 2 is 1.45 bits per heavy atom. The topological polar surface area (TPSA) is 95.1 Å². The number of methoxy groups -OCH3 is 4. The van der Waals surface area contributed by atoms with Gasteiger partial charge in [-0.05, 0) is 37.3 Å². The minimum atomic E-state index is -0.542. The van der Waals surface area contributed by atoms with Gasteiger partial charge in [0.05, 0.1) is 28.4 Å². The molecule has 0 aliphatic heterocycles. The second-order valence-corrected chi connectivity index (χ2v) is 5.94. The number of hydrogen-bond acceptors (Lipinski definition) is 6. The third-order valence-electron chi connectivity index (χ3n) is 4.03. The van der Waals surface area contributed by atoms with E-state index in [-0.39, 0.29) is 5.56 Å². The third kappa shape index (κ3) is 5.41. The van der Waals surface area contributed by atoms with Crippen LogP contribution in [-0.2, 0) is 4.79 Å². The van der Waals surface area contributed by atoms with Gasteiger partial charge in [-0.1, -0.05) is 11.6 Å². The minimum absolute atomic E-state index is 0.226. The number of carbonyl (C=O) groups is 2. The number of aryl methyl sites for hydroxylation is 1. The summed E-state index contributed by atoms with van der Waals surface area (Å²) in [7, 11) is 5.92. The summed E-state index contributed by atoms with van der Waals surface area (Å²) in [5.74, 6) is 0.616. The molecule has 0 saturated heterocycles. The van der Waals surface area contributed by atoms with Gasteiger partial charge in [-0.2, -0.15) is 0 Å². The van der Waals surface area contributed by atoms with E-state index in [1.807, 2.05) is 25.1 Å². The van der Waals surface area contributed by atoms with Crippen molar-refractivity contribution >= 4 is 17.9 Å². The Morgan fingerprint density at radius 3 is 2.00 bits per heavy atom. The summed E-state index contributed by atoms with van der Waals surface area (Å²) in [5, 5.41) is 0. The van der Waals surface area contributed by atoms with Crippen LogP contribution >= 0.6 is 0 Å². The van der Waals surface area contributed by atoms with Gasteiger partial charge >= 0.3 is 0 Å². The maximum Gasteiger partial charge on any atom is 0.269 e. The molecule has 2 rings (SSSR count). The predicted octanol–water partition coefficient (Wildman–Crippen LogP) is 2.50. The van der Waals surface area contributed by atoms with E-state index in [4.69, 9.17) is 18.9 Å². The molecule has 0 unspecified atom stereocenters. The fourth-order valence-corrected chi connectivity index (χ4v) is 2.59. The summed E-state index contributed by atoms with van der Waals surface area (Å²) >= 11 is 0. The van der Waals surface area contributed by atoms with Crippen LogP contribution in [0.3, 0.4) is 0 Å². The molecule has 0 saturated carbocycles. The molecule has 0 aromatic heterocycles. The fourth-order valence-electron chi connectivity index (χ4n) is 2.59. The quantitative estimate of drug-likeness (QED) is 0.548. The lowest BCUT2D eigenvalue weighted by atomic mass is 10.1. The Hall–Kier alpha value is -3.68. The van der Waals surface area contributed by atoms with Crippen molar-refractivity contribution in [3.8, 4) is 23.0 Å². The normalized spacial score (nSPS) is 10.4. The molecule has 8 heteroatoms. The minimum Gasteiger partial charge on any atom is -0.496 e. The molecule has 0 heterocycles. The van der Waals surface area contributed by atoms with Crippen LogP contribution in [0.25, 0.3) is 6.08 Å². The van der Waals surface area contributed by atoms with Crippen LogP contribution in [0.4, 0.5) is 0 Å². The number of amides is 2. The average Bonchev–Trinajstić information content (AvgIpc) is 2.74. The molecule has 0 aliphatic carbocycles. The highest BCUT2D eigenvalue weighted by Crippen LogP contribution is 2.38. The summed E-state index contributed by atoms with van der Waals surface area (Å²) in [6.07, 6.45) is 2.90. The fraction of sp³-hybridized carbons (Fsp3) is 0.238. The highest BCUT2D eigenvalue weighted by atomic mass is 16.5. The van der Waals surface area contributed by atoms with E-state index < -0.39 is 11.8 Å². The van der Waals surface area contributed by atoms with E-state index in [2.05, 4.69) is 10.9 Å². The lowest BCUT2D eigenvalue weighted by Gasteiger charge is -2.14. The number of nitrogens with one attached hydrogen (secondary N) is 2. The zero-order chi connectivity index (χ0) is 21.4. The number of hydrazine groups is 1. The zero-order valence-corrected chi connectivity index (χ0v) is 17.0. The monoisotopic (exact) mass is 400 g/mol. The van der Waals surface area contributed by atoms with Crippen LogP contribution in [0.5, 0.6) is 23.0 Å². The first-order valence-corrected chi connectivity index (χ1v) is 8.66. The van der Waals surface area contributed by atoms with Crippen molar-refractivity contribution < 1.29 is 28.5 Å². The summed E-state index contributed by atoms with van der Waals surface area (Å²) < 4.78 is 20.9. The first-order valence-electron chi connectivity index (χ1n) is 8.66. The molecule has 0 spiro atoms. The van der Waals surface area contributed by atoms with E-state index in [1.54, 1.807) is 13.2 Å². The van der Waals surface area contributed by atoms with E-state index in [0.717, 1.165) is 11.1 Å². The maximum absolute atomic E-state index is 12.4.